The summed E-state index contributed by atoms with van der Waals surface area (Å²) in [6, 6.07) is 9.06. The number of rotatable bonds is 6. The first-order valence-electron chi connectivity index (χ1n) is 6.83. The van der Waals surface area contributed by atoms with Crippen LogP contribution in [0, 0.1) is 6.92 Å². The Labute approximate surface area is 142 Å². The van der Waals surface area contributed by atoms with E-state index in [0.717, 1.165) is 23.9 Å². The molecule has 0 aliphatic carbocycles. The van der Waals surface area contributed by atoms with Gasteiger partial charge in [0.1, 0.15) is 0 Å². The topological polar surface area (TPSA) is 12.0 Å². The SMILES string of the molecule is CCCNC(Cc1sccc1Br)c1ccc(Br)cc1C. The molecule has 1 aromatic heterocycles. The fraction of sp³-hybridized carbons (Fsp3) is 0.375. The van der Waals surface area contributed by atoms with Crippen molar-refractivity contribution in [2.24, 2.45) is 0 Å². The van der Waals surface area contributed by atoms with Crippen LogP contribution in [0.4, 0.5) is 0 Å². The van der Waals surface area contributed by atoms with E-state index in [0.29, 0.717) is 6.04 Å². The fourth-order valence-electron chi connectivity index (χ4n) is 2.30. The molecule has 1 atom stereocenters. The maximum atomic E-state index is 3.68. The molecule has 0 aliphatic rings. The van der Waals surface area contributed by atoms with Crippen LogP contribution in [0.3, 0.4) is 0 Å². The zero-order valence-corrected chi connectivity index (χ0v) is 15.7. The quantitative estimate of drug-likeness (QED) is 0.621. The summed E-state index contributed by atoms with van der Waals surface area (Å²) in [6.07, 6.45) is 2.18. The average Bonchev–Trinajstić information content (AvgIpc) is 2.80. The Morgan fingerprint density at radius 2 is 2.05 bits per heavy atom. The second-order valence-corrected chi connectivity index (χ2v) is 7.67. The molecule has 0 bridgehead atoms. The van der Waals surface area contributed by atoms with Gasteiger partial charge in [-0.05, 0) is 70.5 Å². The van der Waals surface area contributed by atoms with Crippen LogP contribution in [0.15, 0.2) is 38.6 Å². The normalized spacial score (nSPS) is 12.6. The summed E-state index contributed by atoms with van der Waals surface area (Å²) in [4.78, 5) is 1.40. The van der Waals surface area contributed by atoms with E-state index in [1.165, 1.54) is 20.5 Å². The highest BCUT2D eigenvalue weighted by Gasteiger charge is 2.16. The molecule has 1 heterocycles. The molecular weight excluding hydrogens is 398 g/mol. The van der Waals surface area contributed by atoms with Crippen molar-refractivity contribution in [2.75, 3.05) is 6.54 Å². The van der Waals surface area contributed by atoms with E-state index in [1.54, 1.807) is 0 Å². The van der Waals surface area contributed by atoms with Gasteiger partial charge in [-0.3, -0.25) is 0 Å². The Morgan fingerprint density at radius 1 is 1.25 bits per heavy atom. The van der Waals surface area contributed by atoms with Crippen molar-refractivity contribution in [1.82, 2.24) is 5.32 Å². The van der Waals surface area contributed by atoms with Gasteiger partial charge in [0.15, 0.2) is 0 Å². The van der Waals surface area contributed by atoms with Crippen molar-refractivity contribution in [3.63, 3.8) is 0 Å². The van der Waals surface area contributed by atoms with Gasteiger partial charge in [-0.1, -0.05) is 28.9 Å². The molecule has 4 heteroatoms. The maximum absolute atomic E-state index is 3.68. The molecule has 0 radical (unpaired) electrons. The van der Waals surface area contributed by atoms with E-state index < -0.39 is 0 Å². The monoisotopic (exact) mass is 415 g/mol. The van der Waals surface area contributed by atoms with Crippen molar-refractivity contribution >= 4 is 43.2 Å². The van der Waals surface area contributed by atoms with E-state index in [-0.39, 0.29) is 0 Å². The molecule has 0 fully saturated rings. The van der Waals surface area contributed by atoms with Crippen LogP contribution in [-0.2, 0) is 6.42 Å². The molecule has 0 spiro atoms. The molecule has 1 aromatic carbocycles. The molecule has 20 heavy (non-hydrogen) atoms. The Bertz CT molecular complexity index is 565. The minimum atomic E-state index is 0.373. The van der Waals surface area contributed by atoms with E-state index >= 15 is 0 Å². The highest BCUT2D eigenvalue weighted by molar-refractivity contribution is 9.10. The van der Waals surface area contributed by atoms with Crippen LogP contribution in [-0.4, -0.2) is 6.54 Å². The minimum Gasteiger partial charge on any atom is -0.310 e. The van der Waals surface area contributed by atoms with Crippen LogP contribution in [0.1, 0.15) is 35.4 Å². The molecule has 0 saturated heterocycles. The first kappa shape index (κ1) is 16.2. The van der Waals surface area contributed by atoms with Crippen molar-refractivity contribution in [1.29, 1.82) is 0 Å². The average molecular weight is 417 g/mol. The summed E-state index contributed by atoms with van der Waals surface area (Å²) < 4.78 is 2.37. The standard InChI is InChI=1S/C16H19Br2NS/c1-3-7-19-15(10-16-14(18)6-8-20-16)13-5-4-12(17)9-11(13)2/h4-6,8-9,15,19H,3,7,10H2,1-2H3. The third-order valence-corrected chi connectivity index (χ3v) is 5.77. The summed E-state index contributed by atoms with van der Waals surface area (Å²) in [5.74, 6) is 0. The van der Waals surface area contributed by atoms with Gasteiger partial charge in [0.25, 0.3) is 0 Å². The van der Waals surface area contributed by atoms with Gasteiger partial charge < -0.3 is 5.32 Å². The largest absolute Gasteiger partial charge is 0.310 e. The first-order valence-corrected chi connectivity index (χ1v) is 9.29. The Morgan fingerprint density at radius 3 is 2.65 bits per heavy atom. The van der Waals surface area contributed by atoms with Crippen LogP contribution in [0.2, 0.25) is 0 Å². The van der Waals surface area contributed by atoms with E-state index in [2.05, 4.69) is 80.7 Å². The predicted molar refractivity (Wildman–Crippen MR) is 95.6 cm³/mol. The Balaban J connectivity index is 2.24. The molecule has 0 amide bonds. The minimum absolute atomic E-state index is 0.373. The van der Waals surface area contributed by atoms with Gasteiger partial charge in [0.2, 0.25) is 0 Å². The summed E-state index contributed by atoms with van der Waals surface area (Å²) in [5.41, 5.74) is 2.72. The van der Waals surface area contributed by atoms with Gasteiger partial charge in [-0.2, -0.15) is 0 Å². The van der Waals surface area contributed by atoms with Crippen LogP contribution in [0.25, 0.3) is 0 Å². The first-order chi connectivity index (χ1) is 9.61. The van der Waals surface area contributed by atoms with Gasteiger partial charge in [0.05, 0.1) is 0 Å². The van der Waals surface area contributed by atoms with Crippen molar-refractivity contribution in [2.45, 2.75) is 32.7 Å². The van der Waals surface area contributed by atoms with E-state index in [9.17, 15) is 0 Å². The number of aryl methyl sites for hydroxylation is 1. The van der Waals surface area contributed by atoms with Crippen molar-refractivity contribution in [3.05, 3.63) is 54.6 Å². The Hall–Kier alpha value is -0.160. The molecule has 1 N–H and O–H groups in total. The lowest BCUT2D eigenvalue weighted by atomic mass is 9.98. The molecule has 1 unspecified atom stereocenters. The molecule has 108 valence electrons. The molecule has 0 saturated carbocycles. The summed E-state index contributed by atoms with van der Waals surface area (Å²) in [7, 11) is 0. The van der Waals surface area contributed by atoms with E-state index in [4.69, 9.17) is 0 Å². The lowest BCUT2D eigenvalue weighted by Gasteiger charge is -2.21. The lowest BCUT2D eigenvalue weighted by Crippen LogP contribution is -2.24. The maximum Gasteiger partial charge on any atom is 0.0371 e. The fourth-order valence-corrected chi connectivity index (χ4v) is 4.33. The summed E-state index contributed by atoms with van der Waals surface area (Å²) >= 11 is 9.00. The molecule has 1 nitrogen and oxygen atoms in total. The smallest absolute Gasteiger partial charge is 0.0371 e. The zero-order valence-electron chi connectivity index (χ0n) is 11.7. The van der Waals surface area contributed by atoms with Gasteiger partial charge >= 0.3 is 0 Å². The van der Waals surface area contributed by atoms with Crippen molar-refractivity contribution in [3.8, 4) is 0 Å². The summed E-state index contributed by atoms with van der Waals surface area (Å²) in [5, 5.41) is 5.83. The van der Waals surface area contributed by atoms with Gasteiger partial charge in [-0.15, -0.1) is 11.3 Å². The molecule has 2 rings (SSSR count). The van der Waals surface area contributed by atoms with Gasteiger partial charge in [0, 0.05) is 26.3 Å². The molecule has 2 aromatic rings. The van der Waals surface area contributed by atoms with Crippen LogP contribution >= 0.6 is 43.2 Å². The predicted octanol–water partition coefficient (Wildman–Crippen LogP) is 5.86. The number of benzene rings is 1. The van der Waals surface area contributed by atoms with Gasteiger partial charge in [-0.25, -0.2) is 0 Å². The van der Waals surface area contributed by atoms with E-state index in [1.807, 2.05) is 11.3 Å². The molecular formula is C16H19Br2NS. The Kier molecular flexibility index (Phi) is 6.27. The van der Waals surface area contributed by atoms with Crippen LogP contribution in [0.5, 0.6) is 0 Å². The molecule has 0 aliphatic heterocycles. The number of thiophene rings is 1. The zero-order chi connectivity index (χ0) is 14.5. The number of halogens is 2. The highest BCUT2D eigenvalue weighted by atomic mass is 79.9. The third-order valence-electron chi connectivity index (χ3n) is 3.33. The highest BCUT2D eigenvalue weighted by Crippen LogP contribution is 2.30. The summed E-state index contributed by atoms with van der Waals surface area (Å²) in [6.45, 7) is 5.44. The second kappa shape index (κ2) is 7.74. The van der Waals surface area contributed by atoms with Crippen LogP contribution < -0.4 is 5.32 Å². The number of hydrogen-bond donors (Lipinski definition) is 1. The second-order valence-electron chi connectivity index (χ2n) is 4.90. The number of nitrogens with one attached hydrogen (secondary N) is 1. The van der Waals surface area contributed by atoms with Crippen molar-refractivity contribution < 1.29 is 0 Å². The number of hydrogen-bond acceptors (Lipinski definition) is 2. The third kappa shape index (κ3) is 4.17. The lowest BCUT2D eigenvalue weighted by molar-refractivity contribution is 0.529.